The maximum Gasteiger partial charge on any atom is 0.416 e. The van der Waals surface area contributed by atoms with E-state index in [2.05, 4.69) is 11.9 Å². The molecule has 0 amide bonds. The molecule has 1 unspecified atom stereocenters. The average molecular weight is 289 g/mol. The van der Waals surface area contributed by atoms with Crippen LogP contribution in [0.1, 0.15) is 43.9 Å². The van der Waals surface area contributed by atoms with Crippen LogP contribution in [0.3, 0.4) is 0 Å². The molecule has 1 N–H and O–H groups in total. The van der Waals surface area contributed by atoms with Crippen molar-refractivity contribution in [3.8, 4) is 0 Å². The molecule has 1 atom stereocenters. The van der Waals surface area contributed by atoms with Crippen molar-refractivity contribution < 1.29 is 17.6 Å². The zero-order valence-corrected chi connectivity index (χ0v) is 11.6. The fourth-order valence-electron chi connectivity index (χ4n) is 1.96. The van der Waals surface area contributed by atoms with Crippen molar-refractivity contribution in [2.75, 3.05) is 6.54 Å². The minimum atomic E-state index is -4.47. The van der Waals surface area contributed by atoms with E-state index in [1.54, 1.807) is 0 Å². The van der Waals surface area contributed by atoms with E-state index in [0.29, 0.717) is 19.4 Å². The summed E-state index contributed by atoms with van der Waals surface area (Å²) in [4.78, 5) is 0. The molecular weight excluding hydrogens is 270 g/mol. The highest BCUT2D eigenvalue weighted by Gasteiger charge is 2.32. The van der Waals surface area contributed by atoms with Crippen LogP contribution in [0.5, 0.6) is 0 Å². The van der Waals surface area contributed by atoms with Gasteiger partial charge >= 0.3 is 6.18 Å². The van der Waals surface area contributed by atoms with Gasteiger partial charge < -0.3 is 5.32 Å². The lowest BCUT2D eigenvalue weighted by Crippen LogP contribution is -2.23. The lowest BCUT2D eigenvalue weighted by Gasteiger charge is -2.21. The molecule has 1 aromatic rings. The first-order chi connectivity index (χ1) is 9.29. The summed E-state index contributed by atoms with van der Waals surface area (Å²) < 4.78 is 52.0. The molecule has 0 spiro atoms. The second kappa shape index (κ2) is 6.88. The normalized spacial score (nSPS) is 13.3. The fraction of sp³-hybridized carbons (Fsp3) is 0.467. The first-order valence-electron chi connectivity index (χ1n) is 6.56. The Balaban J connectivity index is 3.14. The molecule has 0 aromatic heterocycles. The molecule has 0 fully saturated rings. The summed E-state index contributed by atoms with van der Waals surface area (Å²) in [5, 5.41) is 3.02. The van der Waals surface area contributed by atoms with Crippen molar-refractivity contribution >= 4 is 0 Å². The molecule has 0 radical (unpaired) electrons. The van der Waals surface area contributed by atoms with Gasteiger partial charge in [0.15, 0.2) is 0 Å². The van der Waals surface area contributed by atoms with Crippen molar-refractivity contribution in [2.45, 2.75) is 38.9 Å². The van der Waals surface area contributed by atoms with Gasteiger partial charge in [0.2, 0.25) is 0 Å². The third kappa shape index (κ3) is 4.34. The van der Waals surface area contributed by atoms with Crippen molar-refractivity contribution in [1.82, 2.24) is 5.32 Å². The highest BCUT2D eigenvalue weighted by Crippen LogP contribution is 2.33. The topological polar surface area (TPSA) is 12.0 Å². The third-order valence-electron chi connectivity index (χ3n) is 3.14. The minimum Gasteiger partial charge on any atom is -0.310 e. The summed E-state index contributed by atoms with van der Waals surface area (Å²) >= 11 is 0. The molecule has 0 heterocycles. The Morgan fingerprint density at radius 1 is 1.30 bits per heavy atom. The smallest absolute Gasteiger partial charge is 0.310 e. The predicted octanol–water partition coefficient (Wildman–Crippen LogP) is 4.85. The van der Waals surface area contributed by atoms with Crippen molar-refractivity contribution in [3.05, 3.63) is 47.3 Å². The monoisotopic (exact) mass is 289 g/mol. The summed E-state index contributed by atoms with van der Waals surface area (Å²) in [7, 11) is 0. The molecule has 1 aromatic carbocycles. The number of benzene rings is 1. The maximum absolute atomic E-state index is 13.8. The van der Waals surface area contributed by atoms with Crippen LogP contribution in [0, 0.1) is 5.82 Å². The van der Waals surface area contributed by atoms with E-state index >= 15 is 0 Å². The molecule has 0 saturated carbocycles. The number of rotatable bonds is 6. The number of alkyl halides is 3. The average Bonchev–Trinajstić information content (AvgIpc) is 2.37. The Hall–Kier alpha value is -1.36. The van der Waals surface area contributed by atoms with Gasteiger partial charge in [0.05, 0.1) is 5.56 Å². The van der Waals surface area contributed by atoms with E-state index in [1.807, 2.05) is 13.8 Å². The zero-order valence-electron chi connectivity index (χ0n) is 11.6. The molecule has 0 aliphatic rings. The molecule has 0 saturated heterocycles. The maximum atomic E-state index is 13.8. The van der Waals surface area contributed by atoms with Crippen LogP contribution in [0.2, 0.25) is 0 Å². The van der Waals surface area contributed by atoms with Crippen molar-refractivity contribution in [3.63, 3.8) is 0 Å². The van der Waals surface area contributed by atoms with Gasteiger partial charge in [0, 0.05) is 11.6 Å². The summed E-state index contributed by atoms with van der Waals surface area (Å²) in [5.41, 5.74) is 0.0722. The predicted molar refractivity (Wildman–Crippen MR) is 71.9 cm³/mol. The Morgan fingerprint density at radius 2 is 1.95 bits per heavy atom. The Kier molecular flexibility index (Phi) is 5.74. The van der Waals surface area contributed by atoms with Gasteiger partial charge in [-0.2, -0.15) is 13.2 Å². The van der Waals surface area contributed by atoms with Gasteiger partial charge in [0.25, 0.3) is 0 Å². The van der Waals surface area contributed by atoms with Gasteiger partial charge in [-0.3, -0.25) is 0 Å². The molecule has 0 aliphatic carbocycles. The van der Waals surface area contributed by atoms with E-state index in [4.69, 9.17) is 0 Å². The van der Waals surface area contributed by atoms with Crippen LogP contribution < -0.4 is 5.32 Å². The minimum absolute atomic E-state index is 0.0382. The SMILES string of the molecule is C=C(CC)CC(NCC)c1cc(C(F)(F)F)ccc1F. The lowest BCUT2D eigenvalue weighted by molar-refractivity contribution is -0.137. The van der Waals surface area contributed by atoms with Gasteiger partial charge in [-0.1, -0.05) is 26.0 Å². The van der Waals surface area contributed by atoms with Crippen LogP contribution >= 0.6 is 0 Å². The van der Waals surface area contributed by atoms with Crippen LogP contribution in [-0.2, 0) is 6.18 Å². The largest absolute Gasteiger partial charge is 0.416 e. The molecule has 5 heteroatoms. The van der Waals surface area contributed by atoms with Crippen LogP contribution in [0.15, 0.2) is 30.4 Å². The van der Waals surface area contributed by atoms with E-state index in [-0.39, 0.29) is 5.56 Å². The third-order valence-corrected chi connectivity index (χ3v) is 3.14. The first kappa shape index (κ1) is 16.7. The fourth-order valence-corrected chi connectivity index (χ4v) is 1.96. The Labute approximate surface area is 116 Å². The second-order valence-electron chi connectivity index (χ2n) is 4.65. The number of hydrogen-bond donors (Lipinski definition) is 1. The first-order valence-corrected chi connectivity index (χ1v) is 6.56. The van der Waals surface area contributed by atoms with Crippen LogP contribution in [0.4, 0.5) is 17.6 Å². The van der Waals surface area contributed by atoms with Gasteiger partial charge in [-0.05, 0) is 37.6 Å². The molecule has 112 valence electrons. The molecule has 20 heavy (non-hydrogen) atoms. The van der Waals surface area contributed by atoms with E-state index in [1.165, 1.54) is 0 Å². The Bertz CT molecular complexity index is 465. The zero-order chi connectivity index (χ0) is 15.3. The van der Waals surface area contributed by atoms with Gasteiger partial charge in [-0.25, -0.2) is 4.39 Å². The van der Waals surface area contributed by atoms with Crippen LogP contribution in [-0.4, -0.2) is 6.54 Å². The highest BCUT2D eigenvalue weighted by molar-refractivity contribution is 5.30. The molecular formula is C15H19F4N. The molecule has 0 aliphatic heterocycles. The lowest BCUT2D eigenvalue weighted by atomic mass is 9.96. The molecule has 1 rings (SSSR count). The molecule has 1 nitrogen and oxygen atoms in total. The van der Waals surface area contributed by atoms with E-state index < -0.39 is 23.6 Å². The standard InChI is InChI=1S/C15H19F4N/c1-4-10(3)8-14(20-5-2)12-9-11(15(17,18)19)6-7-13(12)16/h6-7,9,14,20H,3-5,8H2,1-2H3. The van der Waals surface area contributed by atoms with Crippen molar-refractivity contribution in [1.29, 1.82) is 0 Å². The molecule has 0 bridgehead atoms. The van der Waals surface area contributed by atoms with Gasteiger partial charge in [0.1, 0.15) is 5.82 Å². The summed E-state index contributed by atoms with van der Waals surface area (Å²) in [5.74, 6) is -0.632. The van der Waals surface area contributed by atoms with E-state index in [0.717, 1.165) is 23.8 Å². The summed E-state index contributed by atoms with van der Waals surface area (Å²) in [6, 6.07) is 2.02. The van der Waals surface area contributed by atoms with Gasteiger partial charge in [-0.15, -0.1) is 0 Å². The quantitative estimate of drug-likeness (QED) is 0.583. The summed E-state index contributed by atoms with van der Waals surface area (Å²) in [6.45, 7) is 8.11. The highest BCUT2D eigenvalue weighted by atomic mass is 19.4. The van der Waals surface area contributed by atoms with Crippen molar-refractivity contribution in [2.24, 2.45) is 0 Å². The Morgan fingerprint density at radius 3 is 2.45 bits per heavy atom. The second-order valence-corrected chi connectivity index (χ2v) is 4.65. The number of halogens is 4. The van der Waals surface area contributed by atoms with Crippen LogP contribution in [0.25, 0.3) is 0 Å². The van der Waals surface area contributed by atoms with E-state index in [9.17, 15) is 17.6 Å². The number of hydrogen-bond acceptors (Lipinski definition) is 1. The summed E-state index contributed by atoms with van der Waals surface area (Å²) in [6.07, 6.45) is -3.34. The number of nitrogens with one attached hydrogen (secondary N) is 1.